The molecule has 0 aliphatic carbocycles. The molecule has 0 aliphatic heterocycles. The van der Waals surface area contributed by atoms with Gasteiger partial charge in [0.2, 0.25) is 0 Å². The van der Waals surface area contributed by atoms with Crippen LogP contribution in [0, 0.1) is 0 Å². The molecule has 0 fully saturated rings. The summed E-state index contributed by atoms with van der Waals surface area (Å²) in [5, 5.41) is 0. The number of rotatable bonds is 8. The fourth-order valence-electron chi connectivity index (χ4n) is 1.71. The second kappa shape index (κ2) is 8.09. The van der Waals surface area contributed by atoms with E-state index in [-0.39, 0.29) is 4.90 Å². The van der Waals surface area contributed by atoms with Gasteiger partial charge in [-0.3, -0.25) is 0 Å². The predicted octanol–water partition coefficient (Wildman–Crippen LogP) is 6.61. The maximum absolute atomic E-state index is 13.5. The molecule has 0 N–H and O–H groups in total. The second-order valence-corrected chi connectivity index (χ2v) is 6.52. The fourth-order valence-corrected chi connectivity index (χ4v) is 2.25. The van der Waals surface area contributed by atoms with Gasteiger partial charge in [-0.25, -0.2) is 4.79 Å². The lowest BCUT2D eigenvalue weighted by Crippen LogP contribution is -2.73. The standard InChI is InChI=1S/C14H5F15O2S/c15-8(16,7(30)31-32-6-4-2-1-3-5-6)9(17,18)10(19,20)11(21,22)12(23,24)13(25,26)14(27,28)29/h1-5H. The first kappa shape index (κ1) is 28.0. The van der Waals surface area contributed by atoms with Gasteiger partial charge in [0.15, 0.2) is 0 Å². The van der Waals surface area contributed by atoms with Crippen molar-refractivity contribution in [1.29, 1.82) is 0 Å². The molecule has 0 bridgehead atoms. The molecule has 18 heteroatoms. The Hall–Kier alpha value is -2.01. The number of alkyl halides is 15. The SMILES string of the molecule is O=C(OSc1ccccc1)C(F)(F)C(F)(F)C(F)(F)C(F)(F)C(F)(F)C(F)(F)C(F)(F)F. The van der Waals surface area contributed by atoms with Crippen molar-refractivity contribution in [2.75, 3.05) is 0 Å². The third-order valence-electron chi connectivity index (χ3n) is 3.54. The summed E-state index contributed by atoms with van der Waals surface area (Å²) in [6.07, 6.45) is -7.70. The first-order chi connectivity index (χ1) is 14.0. The first-order valence-corrected chi connectivity index (χ1v) is 8.02. The van der Waals surface area contributed by atoms with Crippen molar-refractivity contribution in [1.82, 2.24) is 0 Å². The molecule has 0 radical (unpaired) electrons. The molecule has 0 aliphatic rings. The van der Waals surface area contributed by atoms with E-state index in [4.69, 9.17) is 0 Å². The molecule has 1 rings (SSSR count). The lowest BCUT2D eigenvalue weighted by molar-refractivity contribution is -0.450. The third kappa shape index (κ3) is 4.05. The van der Waals surface area contributed by atoms with Gasteiger partial charge in [-0.2, -0.15) is 65.9 Å². The zero-order valence-corrected chi connectivity index (χ0v) is 15.1. The van der Waals surface area contributed by atoms with Gasteiger partial charge in [-0.05, 0) is 12.1 Å². The summed E-state index contributed by atoms with van der Waals surface area (Å²) in [5.41, 5.74) is 0. The van der Waals surface area contributed by atoms with E-state index in [1.807, 2.05) is 0 Å². The van der Waals surface area contributed by atoms with Crippen LogP contribution in [0.3, 0.4) is 0 Å². The molecule has 0 amide bonds. The molecule has 0 atom stereocenters. The summed E-state index contributed by atoms with van der Waals surface area (Å²) in [7, 11) is 0. The third-order valence-corrected chi connectivity index (χ3v) is 4.24. The van der Waals surface area contributed by atoms with Crippen molar-refractivity contribution in [2.45, 2.75) is 46.6 Å². The van der Waals surface area contributed by atoms with E-state index >= 15 is 0 Å². The largest absolute Gasteiger partial charge is 0.460 e. The van der Waals surface area contributed by atoms with Crippen molar-refractivity contribution in [3.63, 3.8) is 0 Å². The van der Waals surface area contributed by atoms with E-state index in [1.54, 1.807) is 0 Å². The smallest absolute Gasteiger partial charge is 0.381 e. The average Bonchev–Trinajstić information content (AvgIpc) is 2.65. The molecule has 0 unspecified atom stereocenters. The Labute approximate surface area is 170 Å². The maximum Gasteiger partial charge on any atom is 0.460 e. The van der Waals surface area contributed by atoms with E-state index in [1.165, 1.54) is 6.07 Å². The van der Waals surface area contributed by atoms with Crippen LogP contribution in [-0.2, 0) is 8.98 Å². The number of hydrogen-bond acceptors (Lipinski definition) is 3. The minimum atomic E-state index is -8.46. The molecule has 1 aromatic carbocycles. The van der Waals surface area contributed by atoms with Crippen molar-refractivity contribution in [3.05, 3.63) is 30.3 Å². The molecule has 0 saturated carbocycles. The highest BCUT2D eigenvalue weighted by molar-refractivity contribution is 7.95. The summed E-state index contributed by atoms with van der Waals surface area (Å²) in [4.78, 5) is 10.8. The first-order valence-electron chi connectivity index (χ1n) is 7.27. The van der Waals surface area contributed by atoms with Gasteiger partial charge in [-0.15, -0.1) is 0 Å². The Kier molecular flexibility index (Phi) is 7.08. The van der Waals surface area contributed by atoms with E-state index in [0.29, 0.717) is 0 Å². The van der Waals surface area contributed by atoms with Crippen LogP contribution >= 0.6 is 12.0 Å². The molecule has 0 spiro atoms. The van der Waals surface area contributed by atoms with Crippen molar-refractivity contribution < 1.29 is 74.8 Å². The molecule has 1 aromatic rings. The van der Waals surface area contributed by atoms with Crippen LogP contribution in [0.4, 0.5) is 65.9 Å². The Morgan fingerprint density at radius 1 is 0.594 bits per heavy atom. The minimum Gasteiger partial charge on any atom is -0.381 e. The van der Waals surface area contributed by atoms with Crippen LogP contribution in [0.15, 0.2) is 35.2 Å². The molecule has 2 nitrogen and oxygen atoms in total. The van der Waals surface area contributed by atoms with Crippen molar-refractivity contribution in [2.24, 2.45) is 0 Å². The topological polar surface area (TPSA) is 26.3 Å². The molecule has 0 aromatic heterocycles. The summed E-state index contributed by atoms with van der Waals surface area (Å²) in [6, 6.07) is 5.54. The normalized spacial score (nSPS) is 15.0. The van der Waals surface area contributed by atoms with Gasteiger partial charge in [0.25, 0.3) is 0 Å². The van der Waals surface area contributed by atoms with Crippen LogP contribution in [0.1, 0.15) is 0 Å². The quantitative estimate of drug-likeness (QED) is 0.284. The molecule has 184 valence electrons. The van der Waals surface area contributed by atoms with Gasteiger partial charge >= 0.3 is 47.7 Å². The van der Waals surface area contributed by atoms with Crippen LogP contribution < -0.4 is 0 Å². The summed E-state index contributed by atoms with van der Waals surface area (Å²) < 4.78 is 198. The summed E-state index contributed by atoms with van der Waals surface area (Å²) >= 11 is -0.509. The Morgan fingerprint density at radius 2 is 0.969 bits per heavy atom. The zero-order valence-electron chi connectivity index (χ0n) is 14.3. The minimum absolute atomic E-state index is 0.326. The Balaban J connectivity index is 3.37. The molecular formula is C14H5F15O2S. The lowest BCUT2D eigenvalue weighted by Gasteiger charge is -2.40. The predicted molar refractivity (Wildman–Crippen MR) is 74.1 cm³/mol. The second-order valence-electron chi connectivity index (χ2n) is 5.71. The Bertz CT molecular complexity index is 819. The highest BCUT2D eigenvalue weighted by Crippen LogP contribution is 2.62. The van der Waals surface area contributed by atoms with Crippen LogP contribution in [0.5, 0.6) is 0 Å². The van der Waals surface area contributed by atoms with Crippen molar-refractivity contribution >= 4 is 18.0 Å². The van der Waals surface area contributed by atoms with Gasteiger partial charge in [-0.1, -0.05) is 18.2 Å². The fraction of sp³-hybridized carbons (Fsp3) is 0.500. The van der Waals surface area contributed by atoms with Gasteiger partial charge in [0, 0.05) is 4.90 Å². The molecule has 32 heavy (non-hydrogen) atoms. The summed E-state index contributed by atoms with van der Waals surface area (Å²) in [6.45, 7) is 0. The van der Waals surface area contributed by atoms with E-state index < -0.39 is 59.7 Å². The van der Waals surface area contributed by atoms with Crippen LogP contribution in [0.25, 0.3) is 0 Å². The maximum atomic E-state index is 13.5. The van der Waals surface area contributed by atoms with E-state index in [0.717, 1.165) is 24.3 Å². The highest BCUT2D eigenvalue weighted by Gasteiger charge is 2.94. The van der Waals surface area contributed by atoms with Gasteiger partial charge in [0.1, 0.15) is 0 Å². The Morgan fingerprint density at radius 3 is 1.38 bits per heavy atom. The highest BCUT2D eigenvalue weighted by atomic mass is 32.2. The number of hydrogen-bond donors (Lipinski definition) is 0. The zero-order chi connectivity index (χ0) is 25.6. The molecular weight excluding hydrogens is 517 g/mol. The molecule has 0 saturated heterocycles. The number of carbonyl (C=O) groups is 1. The van der Waals surface area contributed by atoms with Crippen molar-refractivity contribution in [3.8, 4) is 0 Å². The lowest BCUT2D eigenvalue weighted by atomic mass is 9.91. The van der Waals surface area contributed by atoms with Crippen LogP contribution in [0.2, 0.25) is 0 Å². The number of carbonyl (C=O) groups excluding carboxylic acids is 1. The van der Waals surface area contributed by atoms with Gasteiger partial charge in [0.05, 0.1) is 12.0 Å². The average molecular weight is 522 g/mol. The number of halogens is 15. The molecule has 0 heterocycles. The van der Waals surface area contributed by atoms with E-state index in [9.17, 15) is 70.7 Å². The number of benzene rings is 1. The van der Waals surface area contributed by atoms with Gasteiger partial charge < -0.3 is 4.18 Å². The summed E-state index contributed by atoms with van der Waals surface area (Å²) in [5.74, 6) is -52.0. The monoisotopic (exact) mass is 522 g/mol. The van der Waals surface area contributed by atoms with Crippen LogP contribution in [-0.4, -0.2) is 47.7 Å². The van der Waals surface area contributed by atoms with E-state index in [2.05, 4.69) is 4.18 Å².